The molecule has 25 heavy (non-hydrogen) atoms. The van der Waals surface area contributed by atoms with Gasteiger partial charge >= 0.3 is 0 Å². The van der Waals surface area contributed by atoms with Gasteiger partial charge in [-0.3, -0.25) is 4.99 Å². The summed E-state index contributed by atoms with van der Waals surface area (Å²) in [7, 11) is 2.12. The topological polar surface area (TPSA) is 58.1 Å². The summed E-state index contributed by atoms with van der Waals surface area (Å²) in [6.45, 7) is 7.83. The molecule has 142 valence electrons. The number of likely N-dealkylation sites (N-methyl/N-ethyl adjacent to an activating group) is 1. The number of morpholine rings is 1. The van der Waals surface area contributed by atoms with E-state index in [1.165, 1.54) is 0 Å². The Balaban J connectivity index is 0.00000312. The van der Waals surface area contributed by atoms with E-state index in [1.54, 1.807) is 0 Å². The Morgan fingerprint density at radius 3 is 2.84 bits per heavy atom. The fourth-order valence-corrected chi connectivity index (χ4v) is 2.50. The van der Waals surface area contributed by atoms with Crippen LogP contribution in [0.4, 0.5) is 0 Å². The lowest BCUT2D eigenvalue weighted by Gasteiger charge is -2.29. The molecule has 1 unspecified atom stereocenters. The average molecular weight is 462 g/mol. The van der Waals surface area contributed by atoms with Gasteiger partial charge in [0.1, 0.15) is 5.75 Å². The maximum absolute atomic E-state index is 5.74. The van der Waals surface area contributed by atoms with Gasteiger partial charge in [-0.2, -0.15) is 0 Å². The maximum atomic E-state index is 5.74. The first-order valence-corrected chi connectivity index (χ1v) is 8.78. The Labute approximate surface area is 168 Å². The first-order valence-electron chi connectivity index (χ1n) is 8.78. The largest absolute Gasteiger partial charge is 0.494 e. The Morgan fingerprint density at radius 2 is 2.12 bits per heavy atom. The van der Waals surface area contributed by atoms with Crippen molar-refractivity contribution < 1.29 is 9.47 Å². The van der Waals surface area contributed by atoms with Crippen molar-refractivity contribution in [1.82, 2.24) is 15.5 Å². The Bertz CT molecular complexity index is 487. The highest BCUT2D eigenvalue weighted by atomic mass is 127. The second-order valence-electron chi connectivity index (χ2n) is 5.92. The van der Waals surface area contributed by atoms with Gasteiger partial charge in [0, 0.05) is 26.2 Å². The Hall–Kier alpha value is -1.06. The number of nitrogens with one attached hydrogen (secondary N) is 2. The van der Waals surface area contributed by atoms with E-state index in [0.29, 0.717) is 13.2 Å². The minimum Gasteiger partial charge on any atom is -0.494 e. The van der Waals surface area contributed by atoms with Crippen molar-refractivity contribution in [2.75, 3.05) is 53.0 Å². The fraction of sp³-hybridized carbons (Fsp3) is 0.611. The Kier molecular flexibility index (Phi) is 11.6. The van der Waals surface area contributed by atoms with E-state index in [0.717, 1.165) is 50.9 Å². The number of ether oxygens (including phenoxy) is 2. The van der Waals surface area contributed by atoms with Crippen molar-refractivity contribution in [3.63, 3.8) is 0 Å². The zero-order chi connectivity index (χ0) is 17.0. The molecule has 1 aromatic carbocycles. The number of nitrogens with zero attached hydrogens (tertiary/aromatic N) is 2. The van der Waals surface area contributed by atoms with E-state index in [1.807, 2.05) is 30.3 Å². The number of rotatable bonds is 8. The maximum Gasteiger partial charge on any atom is 0.191 e. The highest BCUT2D eigenvalue weighted by molar-refractivity contribution is 14.0. The highest BCUT2D eigenvalue weighted by Gasteiger charge is 2.17. The molecule has 1 aliphatic rings. The van der Waals surface area contributed by atoms with Gasteiger partial charge in [0.15, 0.2) is 5.96 Å². The van der Waals surface area contributed by atoms with Crippen molar-refractivity contribution >= 4 is 29.9 Å². The van der Waals surface area contributed by atoms with Crippen molar-refractivity contribution in [3.05, 3.63) is 30.3 Å². The van der Waals surface area contributed by atoms with E-state index in [4.69, 9.17) is 9.47 Å². The van der Waals surface area contributed by atoms with Crippen molar-refractivity contribution in [2.45, 2.75) is 19.4 Å². The molecule has 0 radical (unpaired) electrons. The van der Waals surface area contributed by atoms with Crippen LogP contribution in [0.3, 0.4) is 0 Å². The summed E-state index contributed by atoms with van der Waals surface area (Å²) in [5.41, 5.74) is 0. The normalized spacial score (nSPS) is 18.3. The van der Waals surface area contributed by atoms with Gasteiger partial charge in [-0.15, -0.1) is 24.0 Å². The molecule has 1 aliphatic heterocycles. The SMILES string of the molecule is CCNC(=NCC1CN(C)CCO1)NCCCOc1ccccc1.I. The van der Waals surface area contributed by atoms with Crippen molar-refractivity contribution in [1.29, 1.82) is 0 Å². The molecular weight excluding hydrogens is 431 g/mol. The van der Waals surface area contributed by atoms with Gasteiger partial charge in [-0.05, 0) is 32.5 Å². The van der Waals surface area contributed by atoms with Crippen molar-refractivity contribution in [2.24, 2.45) is 4.99 Å². The molecule has 1 saturated heterocycles. The van der Waals surface area contributed by atoms with Gasteiger partial charge in [0.05, 0.1) is 25.9 Å². The summed E-state index contributed by atoms with van der Waals surface area (Å²) < 4.78 is 11.4. The molecule has 2 N–H and O–H groups in total. The molecule has 0 amide bonds. The lowest BCUT2D eigenvalue weighted by atomic mass is 10.3. The molecule has 0 saturated carbocycles. The first kappa shape index (κ1) is 22.0. The monoisotopic (exact) mass is 462 g/mol. The van der Waals surface area contributed by atoms with Gasteiger partial charge in [-0.1, -0.05) is 18.2 Å². The molecule has 2 rings (SSSR count). The molecule has 0 aliphatic carbocycles. The summed E-state index contributed by atoms with van der Waals surface area (Å²) in [4.78, 5) is 6.91. The molecule has 1 aromatic rings. The third kappa shape index (κ3) is 9.27. The summed E-state index contributed by atoms with van der Waals surface area (Å²) in [6, 6.07) is 9.89. The standard InChI is InChI=1S/C18H30N4O2.HI/c1-3-19-18(21-14-17-15-22(2)11-13-24-17)20-10-7-12-23-16-8-5-4-6-9-16;/h4-6,8-9,17H,3,7,10-15H2,1-2H3,(H2,19,20,21);1H. The van der Waals surface area contributed by atoms with Gasteiger partial charge < -0.3 is 25.0 Å². The quantitative estimate of drug-likeness (QED) is 0.268. The minimum atomic E-state index is 0. The van der Waals surface area contributed by atoms with Crippen LogP contribution in [0.25, 0.3) is 0 Å². The third-order valence-corrected chi connectivity index (χ3v) is 3.76. The molecule has 0 aromatic heterocycles. The number of para-hydroxylation sites is 1. The molecule has 1 heterocycles. The Morgan fingerprint density at radius 1 is 1.32 bits per heavy atom. The van der Waals surface area contributed by atoms with E-state index in [2.05, 4.69) is 34.5 Å². The molecule has 0 bridgehead atoms. The predicted molar refractivity (Wildman–Crippen MR) is 113 cm³/mol. The number of benzene rings is 1. The molecule has 0 spiro atoms. The van der Waals surface area contributed by atoms with Crippen LogP contribution in [0.5, 0.6) is 5.75 Å². The van der Waals surface area contributed by atoms with Crippen LogP contribution in [-0.4, -0.2) is 69.9 Å². The molecular formula is C18H31IN4O2. The van der Waals surface area contributed by atoms with Crippen LogP contribution >= 0.6 is 24.0 Å². The van der Waals surface area contributed by atoms with Crippen LogP contribution < -0.4 is 15.4 Å². The summed E-state index contributed by atoms with van der Waals surface area (Å²) in [5.74, 6) is 1.76. The van der Waals surface area contributed by atoms with Crippen LogP contribution in [0.1, 0.15) is 13.3 Å². The summed E-state index contributed by atoms with van der Waals surface area (Å²) in [6.07, 6.45) is 1.10. The molecule has 1 atom stereocenters. The van der Waals surface area contributed by atoms with E-state index in [9.17, 15) is 0 Å². The zero-order valence-corrected chi connectivity index (χ0v) is 17.6. The van der Waals surface area contributed by atoms with E-state index < -0.39 is 0 Å². The number of aliphatic imine (C=N–C) groups is 1. The average Bonchev–Trinajstić information content (AvgIpc) is 2.60. The molecule has 1 fully saturated rings. The lowest BCUT2D eigenvalue weighted by Crippen LogP contribution is -2.43. The van der Waals surface area contributed by atoms with Crippen molar-refractivity contribution in [3.8, 4) is 5.75 Å². The fourth-order valence-electron chi connectivity index (χ4n) is 2.50. The first-order chi connectivity index (χ1) is 11.8. The second-order valence-corrected chi connectivity index (χ2v) is 5.92. The van der Waals surface area contributed by atoms with Crippen LogP contribution in [0, 0.1) is 0 Å². The number of hydrogen-bond donors (Lipinski definition) is 2. The van der Waals surface area contributed by atoms with E-state index >= 15 is 0 Å². The number of halogens is 1. The zero-order valence-electron chi connectivity index (χ0n) is 15.2. The van der Waals surface area contributed by atoms with Crippen LogP contribution in [0.15, 0.2) is 35.3 Å². The van der Waals surface area contributed by atoms with Gasteiger partial charge in [0.2, 0.25) is 0 Å². The van der Waals surface area contributed by atoms with Crippen LogP contribution in [0.2, 0.25) is 0 Å². The summed E-state index contributed by atoms with van der Waals surface area (Å²) in [5, 5.41) is 6.62. The predicted octanol–water partition coefficient (Wildman–Crippen LogP) is 1.96. The molecule has 7 heteroatoms. The van der Waals surface area contributed by atoms with Crippen LogP contribution in [-0.2, 0) is 4.74 Å². The number of guanidine groups is 1. The van der Waals surface area contributed by atoms with E-state index in [-0.39, 0.29) is 30.1 Å². The van der Waals surface area contributed by atoms with Gasteiger partial charge in [0.25, 0.3) is 0 Å². The van der Waals surface area contributed by atoms with Gasteiger partial charge in [-0.25, -0.2) is 0 Å². The smallest absolute Gasteiger partial charge is 0.191 e. The number of hydrogen-bond acceptors (Lipinski definition) is 4. The third-order valence-electron chi connectivity index (χ3n) is 3.76. The minimum absolute atomic E-state index is 0. The molecule has 6 nitrogen and oxygen atoms in total. The highest BCUT2D eigenvalue weighted by Crippen LogP contribution is 2.08. The summed E-state index contributed by atoms with van der Waals surface area (Å²) >= 11 is 0. The lowest BCUT2D eigenvalue weighted by molar-refractivity contribution is -0.0136. The second kappa shape index (κ2) is 13.2.